The van der Waals surface area contributed by atoms with Crippen molar-refractivity contribution in [3.8, 4) is 11.3 Å². The molecule has 0 spiro atoms. The summed E-state index contributed by atoms with van der Waals surface area (Å²) in [6, 6.07) is 6.09. The van der Waals surface area contributed by atoms with Gasteiger partial charge in [0.15, 0.2) is 5.76 Å². The summed E-state index contributed by atoms with van der Waals surface area (Å²) in [5.74, 6) is 1.01. The number of carbonyl (C=O) groups excluding carboxylic acids is 1. The maximum Gasteiger partial charge on any atom is 0.220 e. The lowest BCUT2D eigenvalue weighted by atomic mass is 9.89. The first-order valence-electron chi connectivity index (χ1n) is 8.68. The van der Waals surface area contributed by atoms with Crippen molar-refractivity contribution in [3.05, 3.63) is 41.8 Å². The number of nitrogens with zero attached hydrogens (tertiary/aromatic N) is 1. The van der Waals surface area contributed by atoms with E-state index < -0.39 is 0 Å². The highest BCUT2D eigenvalue weighted by atomic mass is 19.1. The van der Waals surface area contributed by atoms with Crippen LogP contribution in [0.25, 0.3) is 11.3 Å². The van der Waals surface area contributed by atoms with Crippen molar-refractivity contribution in [3.63, 3.8) is 0 Å². The van der Waals surface area contributed by atoms with Gasteiger partial charge in [0, 0.05) is 24.1 Å². The van der Waals surface area contributed by atoms with Crippen molar-refractivity contribution >= 4 is 5.91 Å². The number of carbonyl (C=O) groups is 1. The molecule has 1 fully saturated rings. The molecule has 0 saturated heterocycles. The largest absolute Gasteiger partial charge is 0.356 e. The minimum atomic E-state index is -0.290. The molecule has 1 saturated carbocycles. The van der Waals surface area contributed by atoms with Crippen molar-refractivity contribution in [2.45, 2.75) is 44.9 Å². The van der Waals surface area contributed by atoms with Gasteiger partial charge >= 0.3 is 0 Å². The molecular weight excluding hydrogens is 307 g/mol. The van der Waals surface area contributed by atoms with E-state index in [1.165, 1.54) is 44.2 Å². The van der Waals surface area contributed by atoms with Crippen LogP contribution in [0.3, 0.4) is 0 Å². The molecule has 0 radical (unpaired) electrons. The van der Waals surface area contributed by atoms with Crippen LogP contribution in [0.5, 0.6) is 0 Å². The van der Waals surface area contributed by atoms with E-state index in [9.17, 15) is 9.18 Å². The van der Waals surface area contributed by atoms with Gasteiger partial charge in [0.25, 0.3) is 0 Å². The van der Waals surface area contributed by atoms with Crippen molar-refractivity contribution in [2.24, 2.45) is 5.92 Å². The molecule has 0 unspecified atom stereocenters. The van der Waals surface area contributed by atoms with E-state index in [-0.39, 0.29) is 11.7 Å². The van der Waals surface area contributed by atoms with Crippen LogP contribution in [-0.2, 0) is 11.2 Å². The third kappa shape index (κ3) is 4.43. The lowest BCUT2D eigenvalue weighted by Crippen LogP contribution is -2.30. The Kier molecular flexibility index (Phi) is 5.62. The normalized spacial score (nSPS) is 15.4. The number of aromatic nitrogens is 1. The Labute approximate surface area is 141 Å². The molecule has 1 aromatic heterocycles. The second-order valence-corrected chi connectivity index (χ2v) is 6.50. The summed E-state index contributed by atoms with van der Waals surface area (Å²) in [7, 11) is 0. The molecule has 2 aromatic rings. The quantitative estimate of drug-likeness (QED) is 0.867. The Morgan fingerprint density at radius 3 is 2.71 bits per heavy atom. The van der Waals surface area contributed by atoms with Gasteiger partial charge in [0.1, 0.15) is 5.82 Å². The fourth-order valence-corrected chi connectivity index (χ4v) is 3.26. The molecule has 1 aromatic carbocycles. The zero-order valence-electron chi connectivity index (χ0n) is 13.8. The Morgan fingerprint density at radius 1 is 1.21 bits per heavy atom. The van der Waals surface area contributed by atoms with Gasteiger partial charge in [0.2, 0.25) is 5.91 Å². The summed E-state index contributed by atoms with van der Waals surface area (Å²) in [5.41, 5.74) is 1.64. The van der Waals surface area contributed by atoms with E-state index in [1.54, 1.807) is 18.3 Å². The van der Waals surface area contributed by atoms with E-state index in [2.05, 4.69) is 10.5 Å². The zero-order valence-corrected chi connectivity index (χ0v) is 13.8. The number of rotatable bonds is 6. The van der Waals surface area contributed by atoms with Crippen LogP contribution in [0.2, 0.25) is 0 Å². The van der Waals surface area contributed by atoms with Crippen molar-refractivity contribution in [1.82, 2.24) is 10.5 Å². The van der Waals surface area contributed by atoms with E-state index >= 15 is 0 Å². The van der Waals surface area contributed by atoms with Gasteiger partial charge in [-0.25, -0.2) is 4.39 Å². The molecule has 1 amide bonds. The van der Waals surface area contributed by atoms with Crippen LogP contribution < -0.4 is 5.32 Å². The number of amides is 1. The van der Waals surface area contributed by atoms with Crippen molar-refractivity contribution < 1.29 is 13.7 Å². The number of aryl methyl sites for hydroxylation is 1. The van der Waals surface area contributed by atoms with Crippen LogP contribution >= 0.6 is 0 Å². The number of halogens is 1. The fraction of sp³-hybridized carbons (Fsp3) is 0.474. The average molecular weight is 330 g/mol. The number of benzene rings is 1. The topological polar surface area (TPSA) is 55.1 Å². The smallest absolute Gasteiger partial charge is 0.220 e. The number of hydrogen-bond donors (Lipinski definition) is 1. The van der Waals surface area contributed by atoms with Gasteiger partial charge in [-0.05, 0) is 49.4 Å². The highest BCUT2D eigenvalue weighted by Crippen LogP contribution is 2.25. The van der Waals surface area contributed by atoms with Gasteiger partial charge < -0.3 is 9.84 Å². The Balaban J connectivity index is 1.50. The third-order valence-electron chi connectivity index (χ3n) is 4.68. The summed E-state index contributed by atoms with van der Waals surface area (Å²) in [5, 5.41) is 6.86. The van der Waals surface area contributed by atoms with Crippen LogP contribution in [0.1, 0.15) is 44.1 Å². The van der Waals surface area contributed by atoms with Gasteiger partial charge in [-0.3, -0.25) is 4.79 Å². The summed E-state index contributed by atoms with van der Waals surface area (Å²) >= 11 is 0. The number of nitrogens with one attached hydrogen (secondary N) is 1. The Hall–Kier alpha value is -2.17. The lowest BCUT2D eigenvalue weighted by molar-refractivity contribution is -0.121. The minimum Gasteiger partial charge on any atom is -0.356 e. The third-order valence-corrected chi connectivity index (χ3v) is 4.68. The molecule has 4 nitrogen and oxygen atoms in total. The first-order valence-corrected chi connectivity index (χ1v) is 8.68. The van der Waals surface area contributed by atoms with Gasteiger partial charge in [0.05, 0.1) is 6.20 Å². The molecule has 0 bridgehead atoms. The fourth-order valence-electron chi connectivity index (χ4n) is 3.26. The molecule has 24 heavy (non-hydrogen) atoms. The average Bonchev–Trinajstić information content (AvgIpc) is 3.08. The van der Waals surface area contributed by atoms with Gasteiger partial charge in [-0.1, -0.05) is 24.4 Å². The first-order chi connectivity index (χ1) is 11.7. The first kappa shape index (κ1) is 16.7. The van der Waals surface area contributed by atoms with Gasteiger partial charge in [-0.15, -0.1) is 0 Å². The van der Waals surface area contributed by atoms with Crippen LogP contribution in [0.4, 0.5) is 4.39 Å². The maximum atomic E-state index is 13.0. The van der Waals surface area contributed by atoms with Crippen molar-refractivity contribution in [2.75, 3.05) is 6.54 Å². The molecular formula is C19H23FN2O2. The predicted molar refractivity (Wildman–Crippen MR) is 89.8 cm³/mol. The molecule has 5 heteroatoms. The van der Waals surface area contributed by atoms with E-state index in [0.717, 1.165) is 17.7 Å². The molecule has 3 rings (SSSR count). The Morgan fingerprint density at radius 2 is 1.96 bits per heavy atom. The van der Waals surface area contributed by atoms with Gasteiger partial charge in [-0.2, -0.15) is 0 Å². The molecule has 1 heterocycles. The molecule has 128 valence electrons. The second-order valence-electron chi connectivity index (χ2n) is 6.50. The molecule has 1 aliphatic carbocycles. The van der Waals surface area contributed by atoms with E-state index in [0.29, 0.717) is 24.5 Å². The lowest BCUT2D eigenvalue weighted by Gasteiger charge is -2.21. The van der Waals surface area contributed by atoms with Crippen LogP contribution in [0.15, 0.2) is 35.0 Å². The standard InChI is InChI=1S/C19H23FN2O2/c20-17-9-6-15(7-10-17)19-16(13-22-24-19)8-11-18(23)21-12-14-4-2-1-3-5-14/h6-7,9-10,13-14H,1-5,8,11-12H2,(H,21,23). The molecule has 1 aliphatic rings. The molecule has 1 N–H and O–H groups in total. The zero-order chi connectivity index (χ0) is 16.8. The SMILES string of the molecule is O=C(CCc1cnoc1-c1ccc(F)cc1)NCC1CCCCC1. The Bertz CT molecular complexity index is 660. The predicted octanol–water partition coefficient (Wildman–Crippen LogP) is 4.11. The number of hydrogen-bond acceptors (Lipinski definition) is 3. The molecule has 0 aliphatic heterocycles. The van der Waals surface area contributed by atoms with E-state index in [1.807, 2.05) is 0 Å². The maximum absolute atomic E-state index is 13.0. The summed E-state index contributed by atoms with van der Waals surface area (Å²) in [4.78, 5) is 12.1. The van der Waals surface area contributed by atoms with Crippen LogP contribution in [-0.4, -0.2) is 17.6 Å². The summed E-state index contributed by atoms with van der Waals surface area (Å²) < 4.78 is 18.3. The highest BCUT2D eigenvalue weighted by molar-refractivity contribution is 5.76. The monoisotopic (exact) mass is 330 g/mol. The van der Waals surface area contributed by atoms with Crippen LogP contribution in [0, 0.1) is 11.7 Å². The minimum absolute atomic E-state index is 0.0619. The highest BCUT2D eigenvalue weighted by Gasteiger charge is 2.15. The van der Waals surface area contributed by atoms with E-state index in [4.69, 9.17) is 4.52 Å². The van der Waals surface area contributed by atoms with Crippen molar-refractivity contribution in [1.29, 1.82) is 0 Å². The second kappa shape index (κ2) is 8.08. The summed E-state index contributed by atoms with van der Waals surface area (Å²) in [6.07, 6.45) is 8.93. The molecule has 0 atom stereocenters. The summed E-state index contributed by atoms with van der Waals surface area (Å²) in [6.45, 7) is 0.785.